The minimum atomic E-state index is -1.08. The molecule has 3 aromatic heterocycles. The van der Waals surface area contributed by atoms with Crippen LogP contribution in [0.4, 0.5) is 11.5 Å². The monoisotopic (exact) mass is 414 g/mol. The number of ether oxygens (including phenoxy) is 1. The molecule has 0 atom stereocenters. The van der Waals surface area contributed by atoms with E-state index < -0.39 is 8.07 Å². The smallest absolute Gasteiger partial charge is 0.243 e. The zero-order valence-electron chi connectivity index (χ0n) is 16.2. The maximum absolute atomic E-state index is 6.03. The highest BCUT2D eigenvalue weighted by Gasteiger charge is 2.13. The molecule has 0 radical (unpaired) electrons. The highest BCUT2D eigenvalue weighted by molar-refractivity contribution is 6.76. The number of benzene rings is 1. The maximum atomic E-state index is 6.03. The molecule has 0 saturated carbocycles. The number of hydrogen-bond donors (Lipinski definition) is 1. The van der Waals surface area contributed by atoms with Gasteiger partial charge in [-0.15, -0.1) is 5.10 Å². The third-order valence-corrected chi connectivity index (χ3v) is 6.34. The molecular weight excluding hydrogens is 392 g/mol. The topological polar surface area (TPSA) is 69.3 Å². The number of hydrogen-bond acceptors (Lipinski definition) is 5. The molecule has 7 nitrogen and oxygen atoms in total. The summed E-state index contributed by atoms with van der Waals surface area (Å²) >= 11 is 6.03. The van der Waals surface area contributed by atoms with Gasteiger partial charge in [0.1, 0.15) is 12.2 Å². The van der Waals surface area contributed by atoms with Crippen molar-refractivity contribution in [3.05, 3.63) is 48.0 Å². The lowest BCUT2D eigenvalue weighted by Gasteiger charge is -2.15. The lowest BCUT2D eigenvalue weighted by Crippen LogP contribution is -2.22. The van der Waals surface area contributed by atoms with E-state index in [1.807, 2.05) is 47.4 Å². The van der Waals surface area contributed by atoms with Crippen LogP contribution < -0.4 is 5.32 Å². The third-order valence-electron chi connectivity index (χ3n) is 4.48. The summed E-state index contributed by atoms with van der Waals surface area (Å²) in [6, 6.07) is 11.1. The summed E-state index contributed by atoms with van der Waals surface area (Å²) in [5.74, 6) is 0.659. The van der Waals surface area contributed by atoms with E-state index in [1.54, 1.807) is 4.52 Å². The molecule has 4 rings (SSSR count). The van der Waals surface area contributed by atoms with Crippen molar-refractivity contribution >= 4 is 47.6 Å². The van der Waals surface area contributed by atoms with Crippen molar-refractivity contribution in [1.29, 1.82) is 0 Å². The van der Waals surface area contributed by atoms with Crippen LogP contribution in [-0.4, -0.2) is 39.1 Å². The average Bonchev–Trinajstić information content (AvgIpc) is 3.24. The van der Waals surface area contributed by atoms with Gasteiger partial charge in [0.25, 0.3) is 0 Å². The summed E-state index contributed by atoms with van der Waals surface area (Å²) in [7, 11) is -1.08. The highest BCUT2D eigenvalue weighted by atomic mass is 35.5. The van der Waals surface area contributed by atoms with E-state index in [2.05, 4.69) is 40.1 Å². The lowest BCUT2D eigenvalue weighted by atomic mass is 10.2. The van der Waals surface area contributed by atoms with E-state index in [4.69, 9.17) is 16.3 Å². The minimum Gasteiger partial charge on any atom is -0.360 e. The third kappa shape index (κ3) is 4.19. The zero-order valence-corrected chi connectivity index (χ0v) is 17.9. The fourth-order valence-electron chi connectivity index (χ4n) is 2.93. The summed E-state index contributed by atoms with van der Waals surface area (Å²) in [5, 5.41) is 13.2. The van der Waals surface area contributed by atoms with Gasteiger partial charge in [-0.05, 0) is 48.0 Å². The first-order chi connectivity index (χ1) is 13.4. The van der Waals surface area contributed by atoms with Crippen LogP contribution in [0.25, 0.3) is 16.4 Å². The molecule has 0 aliphatic carbocycles. The summed E-state index contributed by atoms with van der Waals surface area (Å²) in [6.07, 6.45) is 3.69. The van der Waals surface area contributed by atoms with E-state index in [-0.39, 0.29) is 5.28 Å². The molecule has 0 aliphatic heterocycles. The number of halogens is 1. The van der Waals surface area contributed by atoms with Gasteiger partial charge in [0, 0.05) is 32.0 Å². The summed E-state index contributed by atoms with van der Waals surface area (Å²) in [6.45, 7) is 8.29. The first kappa shape index (κ1) is 18.9. The minimum absolute atomic E-state index is 0.190. The largest absolute Gasteiger partial charge is 0.360 e. The van der Waals surface area contributed by atoms with Crippen LogP contribution in [0.2, 0.25) is 31.0 Å². The number of fused-ring (bicyclic) bond motifs is 2. The molecule has 28 heavy (non-hydrogen) atoms. The predicted octanol–water partition coefficient (Wildman–Crippen LogP) is 4.79. The van der Waals surface area contributed by atoms with Crippen molar-refractivity contribution in [1.82, 2.24) is 24.4 Å². The molecule has 1 N–H and O–H groups in total. The molecule has 9 heteroatoms. The SMILES string of the molecule is C[Si](C)(C)CCOCn1ncc2cc(Nc3nc(Cl)nn4cccc34)ccc21. The fraction of sp³-hybridized carbons (Fsp3) is 0.316. The molecule has 4 aromatic rings. The van der Waals surface area contributed by atoms with Crippen molar-refractivity contribution < 1.29 is 4.74 Å². The van der Waals surface area contributed by atoms with Crippen LogP contribution in [0, 0.1) is 0 Å². The molecule has 0 unspecified atom stereocenters. The van der Waals surface area contributed by atoms with E-state index in [0.717, 1.165) is 34.8 Å². The Morgan fingerprint density at radius 3 is 2.86 bits per heavy atom. The number of nitrogens with one attached hydrogen (secondary N) is 1. The second kappa shape index (κ2) is 7.54. The summed E-state index contributed by atoms with van der Waals surface area (Å²) in [5.41, 5.74) is 2.80. The van der Waals surface area contributed by atoms with E-state index in [1.165, 1.54) is 0 Å². The van der Waals surface area contributed by atoms with Crippen molar-refractivity contribution in [3.8, 4) is 0 Å². The quantitative estimate of drug-likeness (QED) is 0.348. The number of nitrogens with zero attached hydrogens (tertiary/aromatic N) is 5. The Labute approximate surface area is 169 Å². The van der Waals surface area contributed by atoms with Gasteiger partial charge >= 0.3 is 0 Å². The first-order valence-corrected chi connectivity index (χ1v) is 13.3. The molecule has 0 aliphatic rings. The Kier molecular flexibility index (Phi) is 5.09. The normalized spacial score (nSPS) is 12.1. The van der Waals surface area contributed by atoms with Crippen LogP contribution in [0.3, 0.4) is 0 Å². The van der Waals surface area contributed by atoms with Crippen molar-refractivity contribution in [2.24, 2.45) is 0 Å². The molecule has 0 spiro atoms. The van der Waals surface area contributed by atoms with Crippen LogP contribution in [0.5, 0.6) is 0 Å². The molecule has 0 saturated heterocycles. The van der Waals surface area contributed by atoms with Gasteiger partial charge in [-0.25, -0.2) is 9.20 Å². The molecule has 1 aromatic carbocycles. The second-order valence-electron chi connectivity index (χ2n) is 7.96. The Balaban J connectivity index is 1.50. The Morgan fingerprint density at radius 1 is 1.18 bits per heavy atom. The van der Waals surface area contributed by atoms with Gasteiger partial charge in [-0.1, -0.05) is 19.6 Å². The van der Waals surface area contributed by atoms with Gasteiger partial charge in [-0.2, -0.15) is 10.1 Å². The molecular formula is C19H23ClN6OSi. The molecule has 0 fully saturated rings. The van der Waals surface area contributed by atoms with Crippen LogP contribution >= 0.6 is 11.6 Å². The van der Waals surface area contributed by atoms with E-state index >= 15 is 0 Å². The van der Waals surface area contributed by atoms with Crippen molar-refractivity contribution in [2.45, 2.75) is 32.4 Å². The Hall–Kier alpha value is -2.42. The summed E-state index contributed by atoms with van der Waals surface area (Å²) in [4.78, 5) is 4.31. The van der Waals surface area contributed by atoms with Crippen molar-refractivity contribution in [2.75, 3.05) is 11.9 Å². The zero-order chi connectivity index (χ0) is 19.7. The summed E-state index contributed by atoms with van der Waals surface area (Å²) < 4.78 is 9.41. The highest BCUT2D eigenvalue weighted by Crippen LogP contribution is 2.24. The number of rotatable bonds is 7. The lowest BCUT2D eigenvalue weighted by molar-refractivity contribution is 0.0817. The van der Waals surface area contributed by atoms with Gasteiger partial charge in [0.05, 0.1) is 11.7 Å². The van der Waals surface area contributed by atoms with Gasteiger partial charge < -0.3 is 10.1 Å². The van der Waals surface area contributed by atoms with Gasteiger partial charge in [0.15, 0.2) is 5.82 Å². The van der Waals surface area contributed by atoms with Crippen LogP contribution in [-0.2, 0) is 11.5 Å². The number of anilines is 2. The van der Waals surface area contributed by atoms with Gasteiger partial charge in [-0.3, -0.25) is 0 Å². The average molecular weight is 415 g/mol. The van der Waals surface area contributed by atoms with Crippen LogP contribution in [0.15, 0.2) is 42.7 Å². The molecule has 146 valence electrons. The Morgan fingerprint density at radius 2 is 2.04 bits per heavy atom. The van der Waals surface area contributed by atoms with E-state index in [0.29, 0.717) is 12.5 Å². The second-order valence-corrected chi connectivity index (χ2v) is 13.9. The fourth-order valence-corrected chi connectivity index (χ4v) is 3.86. The Bertz CT molecular complexity index is 1120. The van der Waals surface area contributed by atoms with Crippen LogP contribution in [0.1, 0.15) is 0 Å². The maximum Gasteiger partial charge on any atom is 0.243 e. The van der Waals surface area contributed by atoms with Gasteiger partial charge in [0.2, 0.25) is 5.28 Å². The van der Waals surface area contributed by atoms with Crippen molar-refractivity contribution in [3.63, 3.8) is 0 Å². The molecule has 0 amide bonds. The predicted molar refractivity (Wildman–Crippen MR) is 115 cm³/mol. The molecule has 0 bridgehead atoms. The number of aromatic nitrogens is 5. The standard InChI is InChI=1S/C19H23ClN6OSi/c1-28(2,3)10-9-27-13-26-16-7-6-15(11-14(16)12-21-26)22-18-17-5-4-8-25(17)24-19(20)23-18/h4-8,11-12H,9-10,13H2,1-3H3,(H,22,23,24). The van der Waals surface area contributed by atoms with E-state index in [9.17, 15) is 0 Å². The molecule has 3 heterocycles. The first-order valence-electron chi connectivity index (χ1n) is 9.20.